The lowest BCUT2D eigenvalue weighted by Gasteiger charge is -2.22. The molecule has 0 amide bonds. The first-order valence-corrected chi connectivity index (χ1v) is 6.72. The summed E-state index contributed by atoms with van der Waals surface area (Å²) in [5.74, 6) is 3.13. The van der Waals surface area contributed by atoms with Crippen molar-refractivity contribution < 1.29 is 0 Å². The molecule has 1 aromatic carbocycles. The number of hydrogen-bond donors (Lipinski definition) is 1. The van der Waals surface area contributed by atoms with Gasteiger partial charge in [-0.25, -0.2) is 0 Å². The number of nitrogens with one attached hydrogen (secondary N) is 1. The summed E-state index contributed by atoms with van der Waals surface area (Å²) in [5, 5.41) is 3.46. The van der Waals surface area contributed by atoms with Crippen molar-refractivity contribution in [3.05, 3.63) is 34.9 Å². The van der Waals surface area contributed by atoms with Gasteiger partial charge in [0.05, 0.1) is 0 Å². The fraction of sp³-hybridized carbons (Fsp3) is 0.538. The van der Waals surface area contributed by atoms with Crippen molar-refractivity contribution in [2.75, 3.05) is 12.8 Å². The Kier molecular flexibility index (Phi) is 3.37. The quantitative estimate of drug-likeness (QED) is 0.782. The Balaban J connectivity index is 2.44. The average Bonchev–Trinajstić information content (AvgIpc) is 2.36. The van der Waals surface area contributed by atoms with Crippen LogP contribution in [0.2, 0.25) is 0 Å². The zero-order chi connectivity index (χ0) is 10.8. The first-order valence-electron chi connectivity index (χ1n) is 5.57. The standard InChI is InChI=1S/C13H19NS/c1-9-4-5-11-8-15-7-10(2)13(14-3)12(11)6-9/h4-6,10,13-14H,7-8H2,1-3H3. The van der Waals surface area contributed by atoms with Crippen molar-refractivity contribution >= 4 is 11.8 Å². The van der Waals surface area contributed by atoms with Crippen molar-refractivity contribution in [1.29, 1.82) is 0 Å². The van der Waals surface area contributed by atoms with E-state index in [2.05, 4.69) is 56.2 Å². The third-order valence-corrected chi connectivity index (χ3v) is 4.43. The highest BCUT2D eigenvalue weighted by Gasteiger charge is 2.23. The van der Waals surface area contributed by atoms with E-state index >= 15 is 0 Å². The van der Waals surface area contributed by atoms with Crippen LogP contribution in [0.4, 0.5) is 0 Å². The Morgan fingerprint density at radius 1 is 1.40 bits per heavy atom. The van der Waals surface area contributed by atoms with Gasteiger partial charge in [-0.15, -0.1) is 0 Å². The molecule has 82 valence electrons. The molecule has 0 aromatic heterocycles. The smallest absolute Gasteiger partial charge is 0.0354 e. The molecule has 2 atom stereocenters. The molecule has 0 radical (unpaired) electrons. The molecule has 15 heavy (non-hydrogen) atoms. The van der Waals surface area contributed by atoms with Crippen LogP contribution in [0.25, 0.3) is 0 Å². The van der Waals surface area contributed by atoms with Crippen molar-refractivity contribution in [3.8, 4) is 0 Å². The van der Waals surface area contributed by atoms with Gasteiger partial charge in [-0.05, 0) is 36.8 Å². The summed E-state index contributed by atoms with van der Waals surface area (Å²) in [6.45, 7) is 4.52. The maximum Gasteiger partial charge on any atom is 0.0354 e. The summed E-state index contributed by atoms with van der Waals surface area (Å²) in [7, 11) is 2.07. The lowest BCUT2D eigenvalue weighted by atomic mass is 9.91. The van der Waals surface area contributed by atoms with Crippen LogP contribution in [0.3, 0.4) is 0 Å². The fourth-order valence-electron chi connectivity index (χ4n) is 2.33. The fourth-order valence-corrected chi connectivity index (χ4v) is 3.50. The number of fused-ring (bicyclic) bond motifs is 1. The highest BCUT2D eigenvalue weighted by atomic mass is 32.2. The first kappa shape index (κ1) is 11.0. The van der Waals surface area contributed by atoms with Crippen molar-refractivity contribution in [2.24, 2.45) is 5.92 Å². The zero-order valence-corrected chi connectivity index (χ0v) is 10.5. The van der Waals surface area contributed by atoms with Crippen molar-refractivity contribution in [2.45, 2.75) is 25.6 Å². The maximum atomic E-state index is 3.46. The molecule has 2 heteroatoms. The summed E-state index contributed by atoms with van der Waals surface area (Å²) in [6.07, 6.45) is 0. The Labute approximate surface area is 96.7 Å². The number of rotatable bonds is 1. The molecule has 1 aliphatic heterocycles. The van der Waals surface area contributed by atoms with E-state index in [4.69, 9.17) is 0 Å². The normalized spacial score (nSPS) is 25.8. The molecule has 2 unspecified atom stereocenters. The molecule has 1 aromatic rings. The molecule has 2 rings (SSSR count). The van der Waals surface area contributed by atoms with E-state index in [1.54, 1.807) is 0 Å². The van der Waals surface area contributed by atoms with Crippen LogP contribution >= 0.6 is 11.8 Å². The van der Waals surface area contributed by atoms with Gasteiger partial charge in [-0.1, -0.05) is 30.7 Å². The molecule has 0 fully saturated rings. The summed E-state index contributed by atoms with van der Waals surface area (Å²) in [5.41, 5.74) is 4.39. The highest BCUT2D eigenvalue weighted by molar-refractivity contribution is 7.98. The molecule has 0 bridgehead atoms. The van der Waals surface area contributed by atoms with Crippen LogP contribution in [-0.4, -0.2) is 12.8 Å². The third kappa shape index (κ3) is 2.21. The second kappa shape index (κ2) is 4.58. The van der Waals surface area contributed by atoms with Crippen LogP contribution in [-0.2, 0) is 5.75 Å². The number of hydrogen-bond acceptors (Lipinski definition) is 2. The summed E-state index contributed by atoms with van der Waals surface area (Å²) in [6, 6.07) is 7.39. The van der Waals surface area contributed by atoms with Crippen molar-refractivity contribution in [3.63, 3.8) is 0 Å². The second-order valence-corrected chi connectivity index (χ2v) is 5.49. The minimum Gasteiger partial charge on any atom is -0.313 e. The minimum atomic E-state index is 0.523. The molecule has 0 saturated heterocycles. The molecule has 0 saturated carbocycles. The Morgan fingerprint density at radius 3 is 2.93 bits per heavy atom. The summed E-state index contributed by atoms with van der Waals surface area (Å²) < 4.78 is 0. The lowest BCUT2D eigenvalue weighted by molar-refractivity contribution is 0.450. The van der Waals surface area contributed by atoms with Crippen LogP contribution in [0.5, 0.6) is 0 Å². The van der Waals surface area contributed by atoms with Crippen molar-refractivity contribution in [1.82, 2.24) is 5.32 Å². The van der Waals surface area contributed by atoms with Gasteiger partial charge in [-0.3, -0.25) is 0 Å². The molecular weight excluding hydrogens is 202 g/mol. The molecule has 1 N–H and O–H groups in total. The number of aryl methyl sites for hydroxylation is 1. The molecule has 1 heterocycles. The van der Waals surface area contributed by atoms with E-state index in [0.29, 0.717) is 12.0 Å². The highest BCUT2D eigenvalue weighted by Crippen LogP contribution is 2.34. The maximum absolute atomic E-state index is 3.46. The molecule has 1 nitrogen and oxygen atoms in total. The van der Waals surface area contributed by atoms with Crippen LogP contribution in [0.1, 0.15) is 29.7 Å². The predicted octanol–water partition coefficient (Wildman–Crippen LogP) is 3.14. The Bertz CT molecular complexity index is 348. The summed E-state index contributed by atoms with van der Waals surface area (Å²) >= 11 is 2.05. The predicted molar refractivity (Wildman–Crippen MR) is 68.3 cm³/mol. The van der Waals surface area contributed by atoms with Crippen LogP contribution < -0.4 is 5.32 Å². The SMILES string of the molecule is CNC1c2cc(C)ccc2CSCC1C. The minimum absolute atomic E-state index is 0.523. The van der Waals surface area contributed by atoms with Gasteiger partial charge in [0.15, 0.2) is 0 Å². The Hall–Kier alpha value is -0.470. The van der Waals surface area contributed by atoms with Gasteiger partial charge in [-0.2, -0.15) is 11.8 Å². The van der Waals surface area contributed by atoms with Crippen LogP contribution in [0, 0.1) is 12.8 Å². The van der Waals surface area contributed by atoms with Gasteiger partial charge in [0.2, 0.25) is 0 Å². The van der Waals surface area contributed by atoms with E-state index in [1.165, 1.54) is 22.4 Å². The van der Waals surface area contributed by atoms with E-state index in [9.17, 15) is 0 Å². The zero-order valence-electron chi connectivity index (χ0n) is 9.71. The van der Waals surface area contributed by atoms with Crippen LogP contribution in [0.15, 0.2) is 18.2 Å². The van der Waals surface area contributed by atoms with Gasteiger partial charge in [0.1, 0.15) is 0 Å². The lowest BCUT2D eigenvalue weighted by Crippen LogP contribution is -2.24. The van der Waals surface area contributed by atoms with Gasteiger partial charge in [0.25, 0.3) is 0 Å². The van der Waals surface area contributed by atoms with Gasteiger partial charge in [0, 0.05) is 11.8 Å². The molecular formula is C13H19NS. The van der Waals surface area contributed by atoms with Gasteiger partial charge < -0.3 is 5.32 Å². The molecule has 0 aliphatic carbocycles. The van der Waals surface area contributed by atoms with E-state index in [-0.39, 0.29) is 0 Å². The van der Waals surface area contributed by atoms with E-state index in [1.807, 2.05) is 0 Å². The molecule has 0 spiro atoms. The number of thioether (sulfide) groups is 1. The monoisotopic (exact) mass is 221 g/mol. The van der Waals surface area contributed by atoms with E-state index in [0.717, 1.165) is 5.75 Å². The number of benzene rings is 1. The summed E-state index contributed by atoms with van der Waals surface area (Å²) in [4.78, 5) is 0. The van der Waals surface area contributed by atoms with Gasteiger partial charge >= 0.3 is 0 Å². The largest absolute Gasteiger partial charge is 0.313 e. The first-order chi connectivity index (χ1) is 7.22. The average molecular weight is 221 g/mol. The molecule has 1 aliphatic rings. The van der Waals surface area contributed by atoms with E-state index < -0.39 is 0 Å². The Morgan fingerprint density at radius 2 is 2.20 bits per heavy atom. The third-order valence-electron chi connectivity index (χ3n) is 3.15. The second-order valence-electron chi connectivity index (χ2n) is 4.46. The topological polar surface area (TPSA) is 12.0 Å².